The molecule has 0 bridgehead atoms. The monoisotopic (exact) mass is 262 g/mol. The van der Waals surface area contributed by atoms with E-state index in [1.807, 2.05) is 31.2 Å². The second-order valence-corrected chi connectivity index (χ2v) is 4.71. The van der Waals surface area contributed by atoms with Gasteiger partial charge in [-0.1, -0.05) is 12.1 Å². The fourth-order valence-corrected chi connectivity index (χ4v) is 2.19. The Labute approximate surface area is 112 Å². The van der Waals surface area contributed by atoms with Crippen molar-refractivity contribution in [3.63, 3.8) is 0 Å². The van der Waals surface area contributed by atoms with Crippen LogP contribution in [0.2, 0.25) is 0 Å². The third-order valence-corrected chi connectivity index (χ3v) is 3.43. The Morgan fingerprint density at radius 3 is 2.74 bits per heavy atom. The van der Waals surface area contributed by atoms with Crippen LogP contribution >= 0.6 is 0 Å². The van der Waals surface area contributed by atoms with Crippen molar-refractivity contribution in [3.8, 4) is 5.75 Å². The van der Waals surface area contributed by atoms with Gasteiger partial charge in [-0.2, -0.15) is 0 Å². The lowest BCUT2D eigenvalue weighted by molar-refractivity contribution is -0.137. The largest absolute Gasteiger partial charge is 0.497 e. The van der Waals surface area contributed by atoms with E-state index in [0.717, 1.165) is 11.3 Å². The van der Waals surface area contributed by atoms with E-state index in [-0.39, 0.29) is 24.3 Å². The van der Waals surface area contributed by atoms with E-state index in [0.29, 0.717) is 0 Å². The highest BCUT2D eigenvalue weighted by Gasteiger charge is 2.36. The van der Waals surface area contributed by atoms with Crippen LogP contribution in [-0.2, 0) is 9.59 Å². The molecular weight excluding hydrogens is 244 g/mol. The second-order valence-electron chi connectivity index (χ2n) is 4.71. The number of likely N-dealkylation sites (tertiary alicyclic amines) is 1. The van der Waals surface area contributed by atoms with Crippen LogP contribution in [0.4, 0.5) is 0 Å². The van der Waals surface area contributed by atoms with E-state index in [9.17, 15) is 9.59 Å². The number of hydrogen-bond donors (Lipinski definition) is 1. The highest BCUT2D eigenvalue weighted by atomic mass is 16.5. The van der Waals surface area contributed by atoms with Gasteiger partial charge in [-0.25, -0.2) is 0 Å². The molecule has 102 valence electrons. The molecule has 1 aliphatic rings. The van der Waals surface area contributed by atoms with Crippen LogP contribution in [0.5, 0.6) is 5.75 Å². The molecule has 19 heavy (non-hydrogen) atoms. The van der Waals surface area contributed by atoms with Crippen molar-refractivity contribution in [2.24, 2.45) is 0 Å². The summed E-state index contributed by atoms with van der Waals surface area (Å²) in [6.45, 7) is 1.96. The van der Waals surface area contributed by atoms with Gasteiger partial charge in [0, 0.05) is 13.1 Å². The Balaban J connectivity index is 2.07. The van der Waals surface area contributed by atoms with Gasteiger partial charge in [-0.15, -0.1) is 0 Å². The Hall–Kier alpha value is -1.88. The number of methoxy groups -OCH3 is 1. The van der Waals surface area contributed by atoms with Gasteiger partial charge in [0.25, 0.3) is 0 Å². The van der Waals surface area contributed by atoms with E-state index in [2.05, 4.69) is 5.32 Å². The molecule has 5 nitrogen and oxygen atoms in total. The molecule has 1 fully saturated rings. The molecule has 1 saturated heterocycles. The number of carbonyl (C=O) groups is 2. The average molecular weight is 262 g/mol. The van der Waals surface area contributed by atoms with Crippen LogP contribution in [0.3, 0.4) is 0 Å². The van der Waals surface area contributed by atoms with Crippen LogP contribution in [0.15, 0.2) is 24.3 Å². The van der Waals surface area contributed by atoms with Crippen molar-refractivity contribution in [3.05, 3.63) is 29.8 Å². The van der Waals surface area contributed by atoms with Gasteiger partial charge in [0.05, 0.1) is 19.6 Å². The highest BCUT2D eigenvalue weighted by molar-refractivity contribution is 6.05. The van der Waals surface area contributed by atoms with Crippen molar-refractivity contribution in [2.75, 3.05) is 14.2 Å². The molecule has 1 aromatic carbocycles. The number of likely N-dealkylation sites (N-methyl/N-ethyl adjacent to an activating group) is 1. The van der Waals surface area contributed by atoms with Gasteiger partial charge in [0.15, 0.2) is 0 Å². The lowest BCUT2D eigenvalue weighted by Crippen LogP contribution is -2.38. The van der Waals surface area contributed by atoms with Crippen molar-refractivity contribution >= 4 is 11.8 Å². The molecule has 1 aliphatic heterocycles. The molecule has 2 atom stereocenters. The summed E-state index contributed by atoms with van der Waals surface area (Å²) in [5.74, 6) is 0.470. The normalized spacial score (nSPS) is 20.8. The summed E-state index contributed by atoms with van der Waals surface area (Å²) < 4.78 is 5.17. The Kier molecular flexibility index (Phi) is 3.85. The molecule has 1 N–H and O–H groups in total. The summed E-state index contributed by atoms with van der Waals surface area (Å²) in [4.78, 5) is 24.5. The van der Waals surface area contributed by atoms with E-state index in [1.54, 1.807) is 7.11 Å². The molecule has 2 rings (SSSR count). The molecule has 0 aromatic heterocycles. The molecular formula is C14H18N2O3. The van der Waals surface area contributed by atoms with Gasteiger partial charge in [0.2, 0.25) is 11.8 Å². The molecule has 0 aliphatic carbocycles. The van der Waals surface area contributed by atoms with E-state index >= 15 is 0 Å². The van der Waals surface area contributed by atoms with Crippen molar-refractivity contribution in [1.29, 1.82) is 0 Å². The third-order valence-electron chi connectivity index (χ3n) is 3.43. The van der Waals surface area contributed by atoms with Crippen molar-refractivity contribution in [2.45, 2.75) is 25.4 Å². The molecule has 1 heterocycles. The zero-order valence-electron chi connectivity index (χ0n) is 11.3. The first-order chi connectivity index (χ1) is 9.02. The van der Waals surface area contributed by atoms with Gasteiger partial charge >= 0.3 is 0 Å². The predicted octanol–water partition coefficient (Wildman–Crippen LogP) is 1.10. The van der Waals surface area contributed by atoms with E-state index < -0.39 is 6.04 Å². The lowest BCUT2D eigenvalue weighted by Gasteiger charge is -2.18. The molecule has 5 heteroatoms. The Bertz CT molecular complexity index is 501. The minimum Gasteiger partial charge on any atom is -0.497 e. The smallest absolute Gasteiger partial charge is 0.246 e. The Morgan fingerprint density at radius 1 is 1.42 bits per heavy atom. The summed E-state index contributed by atoms with van der Waals surface area (Å²) in [7, 11) is 3.13. The number of hydrogen-bond acceptors (Lipinski definition) is 4. The fourth-order valence-electron chi connectivity index (χ4n) is 2.19. The predicted molar refractivity (Wildman–Crippen MR) is 70.7 cm³/mol. The van der Waals surface area contributed by atoms with Crippen molar-refractivity contribution in [1.82, 2.24) is 10.2 Å². The van der Waals surface area contributed by atoms with E-state index in [4.69, 9.17) is 4.74 Å². The standard InChI is InChI=1S/C14H18N2O3/c1-9(10-5-4-6-11(7-10)19-3)15-12-8-13(17)16(2)14(12)18/h4-7,9,12,15H,8H2,1-3H3. The van der Waals surface area contributed by atoms with Gasteiger partial charge < -0.3 is 4.74 Å². The first-order valence-electron chi connectivity index (χ1n) is 6.23. The van der Waals surface area contributed by atoms with Crippen LogP contribution in [0, 0.1) is 0 Å². The molecule has 2 unspecified atom stereocenters. The number of benzene rings is 1. The van der Waals surface area contributed by atoms with Crippen LogP contribution in [0.25, 0.3) is 0 Å². The highest BCUT2D eigenvalue weighted by Crippen LogP contribution is 2.21. The van der Waals surface area contributed by atoms with Crippen LogP contribution in [-0.4, -0.2) is 36.9 Å². The maximum absolute atomic E-state index is 11.8. The summed E-state index contributed by atoms with van der Waals surface area (Å²) in [5, 5.41) is 3.19. The second kappa shape index (κ2) is 5.40. The maximum atomic E-state index is 11.8. The summed E-state index contributed by atoms with van der Waals surface area (Å²) >= 11 is 0. The fraction of sp³-hybridized carbons (Fsp3) is 0.429. The minimum atomic E-state index is -0.432. The average Bonchev–Trinajstić information content (AvgIpc) is 2.66. The molecule has 2 amide bonds. The molecule has 0 radical (unpaired) electrons. The molecule has 0 saturated carbocycles. The lowest BCUT2D eigenvalue weighted by atomic mass is 10.1. The number of nitrogens with one attached hydrogen (secondary N) is 1. The zero-order chi connectivity index (χ0) is 14.0. The topological polar surface area (TPSA) is 58.6 Å². The van der Waals surface area contributed by atoms with Crippen LogP contribution in [0.1, 0.15) is 24.9 Å². The first-order valence-corrected chi connectivity index (χ1v) is 6.23. The number of nitrogens with zero attached hydrogens (tertiary/aromatic N) is 1. The summed E-state index contributed by atoms with van der Waals surface area (Å²) in [5.41, 5.74) is 1.02. The number of rotatable bonds is 4. The Morgan fingerprint density at radius 2 is 2.16 bits per heavy atom. The number of carbonyl (C=O) groups excluding carboxylic acids is 2. The number of amides is 2. The van der Waals surface area contributed by atoms with Gasteiger partial charge in [0.1, 0.15) is 5.75 Å². The van der Waals surface area contributed by atoms with Crippen LogP contribution < -0.4 is 10.1 Å². The summed E-state index contributed by atoms with van der Waals surface area (Å²) in [6.07, 6.45) is 0.226. The SMILES string of the molecule is COc1cccc(C(C)NC2CC(=O)N(C)C2=O)c1. The number of imide groups is 1. The van der Waals surface area contributed by atoms with E-state index in [1.165, 1.54) is 11.9 Å². The quantitative estimate of drug-likeness (QED) is 0.826. The number of ether oxygens (including phenoxy) is 1. The van der Waals surface area contributed by atoms with Gasteiger partial charge in [-0.05, 0) is 24.6 Å². The van der Waals surface area contributed by atoms with Gasteiger partial charge in [-0.3, -0.25) is 19.8 Å². The maximum Gasteiger partial charge on any atom is 0.246 e. The van der Waals surface area contributed by atoms with Crippen molar-refractivity contribution < 1.29 is 14.3 Å². The summed E-state index contributed by atoms with van der Waals surface area (Å²) in [6, 6.07) is 7.20. The minimum absolute atomic E-state index is 0.0247. The zero-order valence-corrected chi connectivity index (χ0v) is 11.3. The first kappa shape index (κ1) is 13.5. The molecule has 0 spiro atoms. The molecule has 1 aromatic rings. The third kappa shape index (κ3) is 2.76.